The van der Waals surface area contributed by atoms with Gasteiger partial charge >= 0.3 is 5.97 Å². The number of carbonyl (C=O) groups is 1. The lowest BCUT2D eigenvalue weighted by Crippen LogP contribution is -2.01. The maximum absolute atomic E-state index is 13.9. The van der Waals surface area contributed by atoms with Crippen molar-refractivity contribution >= 4 is 11.7 Å². The van der Waals surface area contributed by atoms with Gasteiger partial charge in [-0.15, -0.1) is 0 Å². The van der Waals surface area contributed by atoms with Crippen molar-refractivity contribution < 1.29 is 24.0 Å². The molecular formula is C12H10FN3O5. The Morgan fingerprint density at radius 1 is 1.48 bits per heavy atom. The highest BCUT2D eigenvalue weighted by molar-refractivity contribution is 5.87. The number of nitro benzene ring substituents is 1. The average molecular weight is 295 g/mol. The predicted octanol–water partition coefficient (Wildman–Crippen LogP) is 1.84. The van der Waals surface area contributed by atoms with Crippen LogP contribution < -0.4 is 4.74 Å². The Balaban J connectivity index is 2.72. The van der Waals surface area contributed by atoms with Crippen LogP contribution in [0.2, 0.25) is 0 Å². The molecule has 0 aliphatic carbocycles. The highest BCUT2D eigenvalue weighted by Gasteiger charge is 2.22. The number of aromatic nitrogens is 2. The lowest BCUT2D eigenvalue weighted by Gasteiger charge is -2.09. The van der Waals surface area contributed by atoms with Crippen molar-refractivity contribution in [1.29, 1.82) is 0 Å². The Morgan fingerprint density at radius 3 is 2.62 bits per heavy atom. The SMILES string of the molecule is COc1c(F)cc([N+](=O)[O-])cc1-c1cc(C(=O)O)nn1C. The van der Waals surface area contributed by atoms with Gasteiger partial charge in [0.15, 0.2) is 17.3 Å². The van der Waals surface area contributed by atoms with Crippen LogP contribution >= 0.6 is 0 Å². The fraction of sp³-hybridized carbons (Fsp3) is 0.167. The van der Waals surface area contributed by atoms with E-state index in [-0.39, 0.29) is 22.7 Å². The number of non-ortho nitro benzene ring substituents is 1. The molecule has 1 heterocycles. The first-order valence-electron chi connectivity index (χ1n) is 5.64. The second kappa shape index (κ2) is 5.19. The number of benzene rings is 1. The first kappa shape index (κ1) is 14.4. The fourth-order valence-electron chi connectivity index (χ4n) is 1.91. The van der Waals surface area contributed by atoms with Crippen LogP contribution in [-0.2, 0) is 7.05 Å². The molecule has 0 radical (unpaired) electrons. The second-order valence-corrected chi connectivity index (χ2v) is 4.11. The molecule has 1 aromatic heterocycles. The van der Waals surface area contributed by atoms with E-state index >= 15 is 0 Å². The van der Waals surface area contributed by atoms with E-state index in [1.54, 1.807) is 0 Å². The van der Waals surface area contributed by atoms with Crippen LogP contribution in [0.3, 0.4) is 0 Å². The van der Waals surface area contributed by atoms with E-state index in [4.69, 9.17) is 9.84 Å². The third-order valence-corrected chi connectivity index (χ3v) is 2.82. The van der Waals surface area contributed by atoms with Gasteiger partial charge in [0.1, 0.15) is 0 Å². The maximum atomic E-state index is 13.9. The minimum atomic E-state index is -1.26. The number of halogens is 1. The molecule has 2 aromatic rings. The van der Waals surface area contributed by atoms with E-state index in [1.165, 1.54) is 24.9 Å². The summed E-state index contributed by atoms with van der Waals surface area (Å²) >= 11 is 0. The zero-order valence-electron chi connectivity index (χ0n) is 11.0. The molecule has 21 heavy (non-hydrogen) atoms. The van der Waals surface area contributed by atoms with E-state index in [0.717, 1.165) is 12.1 Å². The average Bonchev–Trinajstić information content (AvgIpc) is 2.79. The standard InChI is InChI=1S/C12H10FN3O5/c1-15-10(5-9(14-15)12(17)18)7-3-6(16(19)20)4-8(13)11(7)21-2/h3-5H,1-2H3,(H,17,18). The zero-order chi connectivity index (χ0) is 15.7. The number of nitrogens with zero attached hydrogens (tertiary/aromatic N) is 3. The van der Waals surface area contributed by atoms with E-state index < -0.39 is 22.4 Å². The predicted molar refractivity (Wildman–Crippen MR) is 68.8 cm³/mol. The van der Waals surface area contributed by atoms with Crippen LogP contribution in [0.5, 0.6) is 5.75 Å². The summed E-state index contributed by atoms with van der Waals surface area (Å²) in [7, 11) is 2.65. The molecule has 1 aromatic carbocycles. The lowest BCUT2D eigenvalue weighted by molar-refractivity contribution is -0.385. The van der Waals surface area contributed by atoms with Gasteiger partial charge in [-0.25, -0.2) is 9.18 Å². The van der Waals surface area contributed by atoms with Gasteiger partial charge in [0.2, 0.25) is 0 Å². The number of rotatable bonds is 4. The highest BCUT2D eigenvalue weighted by atomic mass is 19.1. The van der Waals surface area contributed by atoms with Gasteiger partial charge in [-0.3, -0.25) is 14.8 Å². The monoisotopic (exact) mass is 295 g/mol. The summed E-state index contributed by atoms with van der Waals surface area (Å²) in [6.45, 7) is 0. The van der Waals surface area contributed by atoms with Crippen molar-refractivity contribution in [3.63, 3.8) is 0 Å². The van der Waals surface area contributed by atoms with Crippen LogP contribution in [0.25, 0.3) is 11.3 Å². The van der Waals surface area contributed by atoms with Gasteiger partial charge < -0.3 is 9.84 Å². The summed E-state index contributed by atoms with van der Waals surface area (Å²) in [6, 6.07) is 3.02. The van der Waals surface area contributed by atoms with Gasteiger partial charge in [-0.2, -0.15) is 5.10 Å². The van der Waals surface area contributed by atoms with Crippen LogP contribution in [-0.4, -0.2) is 32.9 Å². The van der Waals surface area contributed by atoms with Gasteiger partial charge in [-0.05, 0) is 6.07 Å². The molecule has 8 nitrogen and oxygen atoms in total. The molecule has 1 N–H and O–H groups in total. The molecule has 0 fully saturated rings. The summed E-state index contributed by atoms with van der Waals surface area (Å²) in [5.41, 5.74) is -0.499. The fourth-order valence-corrected chi connectivity index (χ4v) is 1.91. The minimum Gasteiger partial charge on any atom is -0.493 e. The van der Waals surface area contributed by atoms with Gasteiger partial charge in [0.25, 0.3) is 5.69 Å². The van der Waals surface area contributed by atoms with E-state index in [1.807, 2.05) is 0 Å². The Labute approximate surface area is 117 Å². The van der Waals surface area contributed by atoms with Crippen LogP contribution in [0.1, 0.15) is 10.5 Å². The van der Waals surface area contributed by atoms with Crippen molar-refractivity contribution in [2.75, 3.05) is 7.11 Å². The molecule has 0 aliphatic heterocycles. The Hall–Kier alpha value is -2.97. The van der Waals surface area contributed by atoms with Crippen LogP contribution in [0, 0.1) is 15.9 Å². The van der Waals surface area contributed by atoms with Gasteiger partial charge in [-0.1, -0.05) is 0 Å². The lowest BCUT2D eigenvalue weighted by atomic mass is 10.1. The smallest absolute Gasteiger partial charge is 0.356 e. The Morgan fingerprint density at radius 2 is 2.14 bits per heavy atom. The Kier molecular flexibility index (Phi) is 3.57. The molecule has 0 saturated heterocycles. The normalized spacial score (nSPS) is 10.4. The molecule has 2 rings (SSSR count). The molecule has 0 atom stereocenters. The second-order valence-electron chi connectivity index (χ2n) is 4.11. The van der Waals surface area contributed by atoms with Crippen molar-refractivity contribution in [1.82, 2.24) is 9.78 Å². The number of methoxy groups -OCH3 is 1. The number of aromatic carboxylic acids is 1. The van der Waals surface area contributed by atoms with Crippen molar-refractivity contribution in [3.05, 3.63) is 39.8 Å². The summed E-state index contributed by atoms with van der Waals surface area (Å²) < 4.78 is 20.0. The molecule has 0 spiro atoms. The molecule has 0 amide bonds. The van der Waals surface area contributed by atoms with Crippen LogP contribution in [0.4, 0.5) is 10.1 Å². The molecule has 0 saturated carbocycles. The van der Waals surface area contributed by atoms with Gasteiger partial charge in [0, 0.05) is 13.1 Å². The third-order valence-electron chi connectivity index (χ3n) is 2.82. The molecule has 0 bridgehead atoms. The van der Waals surface area contributed by atoms with E-state index in [2.05, 4.69) is 5.10 Å². The highest BCUT2D eigenvalue weighted by Crippen LogP contribution is 2.36. The summed E-state index contributed by atoms with van der Waals surface area (Å²) in [4.78, 5) is 21.0. The third kappa shape index (κ3) is 2.53. The van der Waals surface area contributed by atoms with Gasteiger partial charge in [0.05, 0.1) is 29.4 Å². The number of nitro groups is 1. The Bertz CT molecular complexity index is 741. The number of hydrogen-bond acceptors (Lipinski definition) is 5. The summed E-state index contributed by atoms with van der Waals surface area (Å²) in [6.07, 6.45) is 0. The van der Waals surface area contributed by atoms with Crippen LogP contribution in [0.15, 0.2) is 18.2 Å². The van der Waals surface area contributed by atoms with Crippen molar-refractivity contribution in [3.8, 4) is 17.0 Å². The number of carboxylic acids is 1. The minimum absolute atomic E-state index is 0.0479. The largest absolute Gasteiger partial charge is 0.493 e. The molecule has 9 heteroatoms. The molecular weight excluding hydrogens is 285 g/mol. The zero-order valence-corrected chi connectivity index (χ0v) is 11.0. The molecule has 0 unspecified atom stereocenters. The maximum Gasteiger partial charge on any atom is 0.356 e. The quantitative estimate of drug-likeness (QED) is 0.681. The first-order chi connectivity index (χ1) is 9.85. The van der Waals surface area contributed by atoms with E-state index in [0.29, 0.717) is 0 Å². The number of carboxylic acid groups (broad SMARTS) is 1. The van der Waals surface area contributed by atoms with E-state index in [9.17, 15) is 19.3 Å². The summed E-state index contributed by atoms with van der Waals surface area (Å²) in [5.74, 6) is -2.40. The summed E-state index contributed by atoms with van der Waals surface area (Å²) in [5, 5.41) is 23.5. The van der Waals surface area contributed by atoms with Crippen molar-refractivity contribution in [2.45, 2.75) is 0 Å². The van der Waals surface area contributed by atoms with Crippen molar-refractivity contribution in [2.24, 2.45) is 7.05 Å². The topological polar surface area (TPSA) is 107 Å². The number of ether oxygens (including phenoxy) is 1. The molecule has 0 aliphatic rings. The number of hydrogen-bond donors (Lipinski definition) is 1. The first-order valence-corrected chi connectivity index (χ1v) is 5.64. The molecule has 110 valence electrons. The number of aryl methyl sites for hydroxylation is 1.